The van der Waals surface area contributed by atoms with Gasteiger partial charge in [-0.1, -0.05) is 0 Å². The second-order valence-electron chi connectivity index (χ2n) is 8.86. The van der Waals surface area contributed by atoms with E-state index in [1.54, 1.807) is 18.7 Å². The number of carbonyl (C=O) groups is 2. The van der Waals surface area contributed by atoms with Gasteiger partial charge >= 0.3 is 5.69 Å². The summed E-state index contributed by atoms with van der Waals surface area (Å²) in [6.45, 7) is 3.40. The van der Waals surface area contributed by atoms with Crippen molar-refractivity contribution in [2.75, 3.05) is 50.1 Å². The standard InChI is InChI=1S/C24H31N7O5/c1-27(15-19(32)26-17-6-8-18(9-7-17)30-11-13-36-14-12-30)20(33)5-4-10-31-16-25-22-21(31)23(34)29(3)24(35)28(22)2/h6-9,16H,4-5,10-15H2,1-3H3,(H,26,32). The molecule has 0 radical (unpaired) electrons. The molecule has 2 amide bonds. The van der Waals surface area contributed by atoms with E-state index in [0.29, 0.717) is 43.0 Å². The number of likely N-dealkylation sites (N-methyl/N-ethyl adjacent to an activating group) is 1. The number of hydrogen-bond donors (Lipinski definition) is 1. The van der Waals surface area contributed by atoms with Crippen molar-refractivity contribution in [2.24, 2.45) is 14.1 Å². The van der Waals surface area contributed by atoms with Gasteiger partial charge in [-0.25, -0.2) is 9.78 Å². The Hall–Kier alpha value is -3.93. The number of aryl methyl sites for hydroxylation is 2. The molecule has 0 atom stereocenters. The van der Waals surface area contributed by atoms with Gasteiger partial charge in [-0.15, -0.1) is 0 Å². The van der Waals surface area contributed by atoms with Gasteiger partial charge in [-0.2, -0.15) is 0 Å². The van der Waals surface area contributed by atoms with Crippen molar-refractivity contribution in [3.8, 4) is 0 Å². The fourth-order valence-electron chi connectivity index (χ4n) is 4.24. The van der Waals surface area contributed by atoms with Crippen LogP contribution in [-0.2, 0) is 35.0 Å². The molecule has 1 aromatic carbocycles. The van der Waals surface area contributed by atoms with Crippen LogP contribution in [0.15, 0.2) is 40.2 Å². The van der Waals surface area contributed by atoms with Crippen LogP contribution in [0.3, 0.4) is 0 Å². The third-order valence-electron chi connectivity index (χ3n) is 6.34. The van der Waals surface area contributed by atoms with Crippen LogP contribution in [0.1, 0.15) is 12.8 Å². The van der Waals surface area contributed by atoms with Crippen molar-refractivity contribution in [1.82, 2.24) is 23.6 Å². The molecular weight excluding hydrogens is 466 g/mol. The summed E-state index contributed by atoms with van der Waals surface area (Å²) < 4.78 is 9.38. The number of imidazole rings is 1. The monoisotopic (exact) mass is 497 g/mol. The number of nitrogens with zero attached hydrogens (tertiary/aromatic N) is 6. The number of rotatable bonds is 8. The number of morpholine rings is 1. The first-order valence-corrected chi connectivity index (χ1v) is 11.8. The van der Waals surface area contributed by atoms with Crippen LogP contribution in [0.2, 0.25) is 0 Å². The Morgan fingerprint density at radius 2 is 1.78 bits per heavy atom. The number of hydrogen-bond acceptors (Lipinski definition) is 7. The predicted molar refractivity (Wildman–Crippen MR) is 135 cm³/mol. The molecule has 1 fully saturated rings. The number of amides is 2. The highest BCUT2D eigenvalue weighted by Crippen LogP contribution is 2.19. The number of fused-ring (bicyclic) bond motifs is 1. The zero-order valence-electron chi connectivity index (χ0n) is 20.8. The topological polar surface area (TPSA) is 124 Å². The minimum absolute atomic E-state index is 0.0687. The Morgan fingerprint density at radius 1 is 1.08 bits per heavy atom. The first-order chi connectivity index (χ1) is 17.3. The summed E-state index contributed by atoms with van der Waals surface area (Å²) in [4.78, 5) is 57.4. The number of benzene rings is 1. The van der Waals surface area contributed by atoms with Gasteiger partial charge in [0.1, 0.15) is 0 Å². The van der Waals surface area contributed by atoms with E-state index in [2.05, 4.69) is 15.2 Å². The zero-order valence-corrected chi connectivity index (χ0v) is 20.8. The molecule has 1 aliphatic heterocycles. The molecule has 1 saturated heterocycles. The lowest BCUT2D eigenvalue weighted by Crippen LogP contribution is -2.37. The normalized spacial score (nSPS) is 13.7. The lowest BCUT2D eigenvalue weighted by molar-refractivity contribution is -0.133. The van der Waals surface area contributed by atoms with Gasteiger partial charge in [0, 0.05) is 58.6 Å². The minimum atomic E-state index is -0.444. The average Bonchev–Trinajstić information content (AvgIpc) is 3.31. The summed E-state index contributed by atoms with van der Waals surface area (Å²) in [5.41, 5.74) is 1.50. The summed E-state index contributed by atoms with van der Waals surface area (Å²) >= 11 is 0. The van der Waals surface area contributed by atoms with E-state index in [9.17, 15) is 19.2 Å². The molecule has 1 aliphatic rings. The number of nitrogens with one attached hydrogen (secondary N) is 1. The molecule has 0 spiro atoms. The van der Waals surface area contributed by atoms with Crippen LogP contribution in [0, 0.1) is 0 Å². The Kier molecular flexibility index (Phi) is 7.53. The Morgan fingerprint density at radius 3 is 2.47 bits per heavy atom. The maximum absolute atomic E-state index is 12.6. The summed E-state index contributed by atoms with van der Waals surface area (Å²) in [6, 6.07) is 7.61. The van der Waals surface area contributed by atoms with Crippen molar-refractivity contribution in [3.63, 3.8) is 0 Å². The number of ether oxygens (including phenoxy) is 1. The van der Waals surface area contributed by atoms with E-state index in [0.717, 1.165) is 23.3 Å². The van der Waals surface area contributed by atoms with Crippen LogP contribution >= 0.6 is 0 Å². The summed E-state index contributed by atoms with van der Waals surface area (Å²) in [6.07, 6.45) is 2.15. The van der Waals surface area contributed by atoms with Gasteiger partial charge in [0.2, 0.25) is 11.8 Å². The maximum Gasteiger partial charge on any atom is 0.332 e. The van der Waals surface area contributed by atoms with E-state index in [4.69, 9.17) is 4.74 Å². The Labute approximate surface area is 207 Å². The first kappa shape index (κ1) is 25.2. The van der Waals surface area contributed by atoms with E-state index < -0.39 is 11.2 Å². The van der Waals surface area contributed by atoms with Gasteiger partial charge < -0.3 is 24.4 Å². The summed E-state index contributed by atoms with van der Waals surface area (Å²) in [5.74, 6) is -0.465. The van der Waals surface area contributed by atoms with Crippen LogP contribution in [0.4, 0.5) is 11.4 Å². The lowest BCUT2D eigenvalue weighted by Gasteiger charge is -2.28. The molecule has 2 aromatic heterocycles. The predicted octanol–water partition coefficient (Wildman–Crippen LogP) is 0.148. The van der Waals surface area contributed by atoms with Crippen LogP contribution in [0.5, 0.6) is 0 Å². The second kappa shape index (κ2) is 10.8. The van der Waals surface area contributed by atoms with Gasteiger partial charge in [-0.05, 0) is 30.7 Å². The van der Waals surface area contributed by atoms with Crippen molar-refractivity contribution in [1.29, 1.82) is 0 Å². The average molecular weight is 498 g/mol. The molecule has 0 unspecified atom stereocenters. The van der Waals surface area contributed by atoms with Crippen LogP contribution in [-0.4, -0.2) is 75.3 Å². The largest absolute Gasteiger partial charge is 0.378 e. The third kappa shape index (κ3) is 5.33. The van der Waals surface area contributed by atoms with Crippen molar-refractivity contribution in [2.45, 2.75) is 19.4 Å². The number of aromatic nitrogens is 4. The van der Waals surface area contributed by atoms with E-state index in [1.165, 1.54) is 22.8 Å². The molecule has 0 aliphatic carbocycles. The van der Waals surface area contributed by atoms with Crippen molar-refractivity contribution >= 4 is 34.4 Å². The van der Waals surface area contributed by atoms with Crippen molar-refractivity contribution in [3.05, 3.63) is 51.4 Å². The van der Waals surface area contributed by atoms with E-state index in [-0.39, 0.29) is 24.8 Å². The quantitative estimate of drug-likeness (QED) is 0.470. The highest BCUT2D eigenvalue weighted by molar-refractivity contribution is 5.94. The molecule has 12 nitrogen and oxygen atoms in total. The molecule has 0 bridgehead atoms. The SMILES string of the molecule is CN(CC(=O)Nc1ccc(N2CCOCC2)cc1)C(=O)CCCn1cnc2c1c(=O)n(C)c(=O)n2C. The fourth-order valence-corrected chi connectivity index (χ4v) is 4.24. The van der Waals surface area contributed by atoms with Crippen molar-refractivity contribution < 1.29 is 14.3 Å². The van der Waals surface area contributed by atoms with Gasteiger partial charge in [0.25, 0.3) is 5.56 Å². The number of anilines is 2. The molecule has 3 heterocycles. The number of carbonyl (C=O) groups excluding carboxylic acids is 2. The molecular formula is C24H31N7O5. The second-order valence-corrected chi connectivity index (χ2v) is 8.86. The fraction of sp³-hybridized carbons (Fsp3) is 0.458. The lowest BCUT2D eigenvalue weighted by atomic mass is 10.2. The van der Waals surface area contributed by atoms with E-state index >= 15 is 0 Å². The minimum Gasteiger partial charge on any atom is -0.378 e. The smallest absolute Gasteiger partial charge is 0.332 e. The zero-order chi connectivity index (χ0) is 25.8. The molecule has 36 heavy (non-hydrogen) atoms. The summed E-state index contributed by atoms with van der Waals surface area (Å²) in [7, 11) is 4.56. The van der Waals surface area contributed by atoms with E-state index in [1.807, 2.05) is 24.3 Å². The molecule has 0 saturated carbocycles. The Bertz CT molecular complexity index is 1370. The highest BCUT2D eigenvalue weighted by atomic mass is 16.5. The van der Waals surface area contributed by atoms with Crippen LogP contribution < -0.4 is 21.5 Å². The molecule has 1 N–H and O–H groups in total. The first-order valence-electron chi connectivity index (χ1n) is 11.8. The van der Waals surface area contributed by atoms with Gasteiger partial charge in [-0.3, -0.25) is 23.5 Å². The van der Waals surface area contributed by atoms with Crippen LogP contribution in [0.25, 0.3) is 11.2 Å². The molecule has 4 rings (SSSR count). The van der Waals surface area contributed by atoms with Gasteiger partial charge in [0.05, 0.1) is 26.1 Å². The summed E-state index contributed by atoms with van der Waals surface area (Å²) in [5, 5.41) is 2.82. The Balaban J connectivity index is 1.27. The third-order valence-corrected chi connectivity index (χ3v) is 6.34. The molecule has 192 valence electrons. The molecule has 3 aromatic rings. The molecule has 12 heteroatoms. The highest BCUT2D eigenvalue weighted by Gasteiger charge is 2.17. The van der Waals surface area contributed by atoms with Gasteiger partial charge in [0.15, 0.2) is 11.2 Å². The maximum atomic E-state index is 12.6.